The third-order valence-corrected chi connectivity index (χ3v) is 3.08. The van der Waals surface area contributed by atoms with Crippen molar-refractivity contribution >= 4 is 5.97 Å². The Morgan fingerprint density at radius 3 is 2.40 bits per heavy atom. The van der Waals surface area contributed by atoms with Crippen molar-refractivity contribution in [3.63, 3.8) is 0 Å². The van der Waals surface area contributed by atoms with E-state index in [4.69, 9.17) is 4.74 Å². The molecule has 88 valence electrons. The Morgan fingerprint density at radius 1 is 1.13 bits per heavy atom. The van der Waals surface area contributed by atoms with Crippen LogP contribution in [0.15, 0.2) is 0 Å². The van der Waals surface area contributed by atoms with Gasteiger partial charge in [0, 0.05) is 6.42 Å². The molecule has 0 radical (unpaired) electrons. The van der Waals surface area contributed by atoms with Crippen molar-refractivity contribution in [1.29, 1.82) is 0 Å². The summed E-state index contributed by atoms with van der Waals surface area (Å²) in [6, 6.07) is 0. The van der Waals surface area contributed by atoms with Gasteiger partial charge in [0.25, 0.3) is 0 Å². The number of ether oxygens (including phenoxy) is 1. The van der Waals surface area contributed by atoms with Crippen LogP contribution >= 0.6 is 0 Å². The lowest BCUT2D eigenvalue weighted by atomic mass is 10.1. The number of unbranched alkanes of at least 4 members (excludes halogenated alkanes) is 2. The molecule has 1 saturated carbocycles. The first-order valence-electron chi connectivity index (χ1n) is 6.52. The molecular formula is C13H24O2. The molecule has 0 atom stereocenters. The van der Waals surface area contributed by atoms with Gasteiger partial charge in [-0.25, -0.2) is 0 Å². The van der Waals surface area contributed by atoms with E-state index in [1.807, 2.05) is 0 Å². The normalized spacial score (nSPS) is 18.5. The molecule has 0 spiro atoms. The van der Waals surface area contributed by atoms with E-state index in [1.54, 1.807) is 0 Å². The summed E-state index contributed by atoms with van der Waals surface area (Å²) in [4.78, 5) is 11.5. The second kappa shape index (κ2) is 7.72. The first-order chi connectivity index (χ1) is 7.33. The SMILES string of the molecule is CCCCCC(=O)OC1CCCCCC1. The highest BCUT2D eigenvalue weighted by atomic mass is 16.5. The van der Waals surface area contributed by atoms with Crippen LogP contribution in [-0.4, -0.2) is 12.1 Å². The molecule has 0 unspecified atom stereocenters. The fourth-order valence-corrected chi connectivity index (χ4v) is 2.12. The predicted molar refractivity (Wildman–Crippen MR) is 61.7 cm³/mol. The smallest absolute Gasteiger partial charge is 0.306 e. The van der Waals surface area contributed by atoms with Gasteiger partial charge in [-0.2, -0.15) is 0 Å². The Bertz CT molecular complexity index is 169. The van der Waals surface area contributed by atoms with E-state index in [0.717, 1.165) is 32.1 Å². The maximum Gasteiger partial charge on any atom is 0.306 e. The van der Waals surface area contributed by atoms with Crippen LogP contribution in [0.2, 0.25) is 0 Å². The summed E-state index contributed by atoms with van der Waals surface area (Å²) in [5.74, 6) is 0.0235. The lowest BCUT2D eigenvalue weighted by Gasteiger charge is -2.15. The monoisotopic (exact) mass is 212 g/mol. The van der Waals surface area contributed by atoms with Gasteiger partial charge >= 0.3 is 5.97 Å². The van der Waals surface area contributed by atoms with Gasteiger partial charge in [0.05, 0.1) is 0 Å². The van der Waals surface area contributed by atoms with Gasteiger partial charge in [0.2, 0.25) is 0 Å². The first kappa shape index (κ1) is 12.5. The Balaban J connectivity index is 2.12. The van der Waals surface area contributed by atoms with Crippen molar-refractivity contribution < 1.29 is 9.53 Å². The van der Waals surface area contributed by atoms with Crippen molar-refractivity contribution in [1.82, 2.24) is 0 Å². The highest BCUT2D eigenvalue weighted by molar-refractivity contribution is 5.69. The van der Waals surface area contributed by atoms with E-state index in [2.05, 4.69) is 6.92 Å². The minimum absolute atomic E-state index is 0.0235. The van der Waals surface area contributed by atoms with Crippen LogP contribution in [0.5, 0.6) is 0 Å². The summed E-state index contributed by atoms with van der Waals surface area (Å²) in [6.07, 6.45) is 11.4. The maximum atomic E-state index is 11.5. The highest BCUT2D eigenvalue weighted by Crippen LogP contribution is 2.20. The molecule has 0 amide bonds. The number of rotatable bonds is 5. The highest BCUT2D eigenvalue weighted by Gasteiger charge is 2.15. The zero-order chi connectivity index (χ0) is 10.9. The van der Waals surface area contributed by atoms with Crippen molar-refractivity contribution in [2.24, 2.45) is 0 Å². The van der Waals surface area contributed by atoms with Crippen LogP contribution in [0.3, 0.4) is 0 Å². The third-order valence-electron chi connectivity index (χ3n) is 3.08. The van der Waals surface area contributed by atoms with Gasteiger partial charge in [0.15, 0.2) is 0 Å². The van der Waals surface area contributed by atoms with Crippen molar-refractivity contribution in [3.8, 4) is 0 Å². The second-order valence-corrected chi connectivity index (χ2v) is 4.56. The number of carbonyl (C=O) groups is 1. The Labute approximate surface area is 93.4 Å². The summed E-state index contributed by atoms with van der Waals surface area (Å²) >= 11 is 0. The first-order valence-corrected chi connectivity index (χ1v) is 6.52. The van der Waals surface area contributed by atoms with Crippen LogP contribution in [0.1, 0.15) is 71.1 Å². The molecule has 1 fully saturated rings. The molecular weight excluding hydrogens is 188 g/mol. The van der Waals surface area contributed by atoms with Gasteiger partial charge in [0.1, 0.15) is 6.10 Å². The van der Waals surface area contributed by atoms with Crippen molar-refractivity contribution in [3.05, 3.63) is 0 Å². The van der Waals surface area contributed by atoms with Crippen molar-refractivity contribution in [2.75, 3.05) is 0 Å². The van der Waals surface area contributed by atoms with Crippen LogP contribution in [0.4, 0.5) is 0 Å². The van der Waals surface area contributed by atoms with E-state index < -0.39 is 0 Å². The number of carbonyl (C=O) groups excluding carboxylic acids is 1. The largest absolute Gasteiger partial charge is 0.462 e. The van der Waals surface area contributed by atoms with Crippen molar-refractivity contribution in [2.45, 2.75) is 77.2 Å². The van der Waals surface area contributed by atoms with Crippen LogP contribution in [0.25, 0.3) is 0 Å². The van der Waals surface area contributed by atoms with Gasteiger partial charge in [-0.1, -0.05) is 32.6 Å². The van der Waals surface area contributed by atoms with E-state index in [1.165, 1.54) is 25.7 Å². The second-order valence-electron chi connectivity index (χ2n) is 4.56. The molecule has 2 nitrogen and oxygen atoms in total. The molecule has 1 aliphatic carbocycles. The van der Waals surface area contributed by atoms with E-state index >= 15 is 0 Å². The quantitative estimate of drug-likeness (QED) is 0.393. The predicted octanol–water partition coefficient (Wildman–Crippen LogP) is 3.83. The summed E-state index contributed by atoms with van der Waals surface area (Å²) in [5.41, 5.74) is 0. The van der Waals surface area contributed by atoms with Crippen LogP contribution < -0.4 is 0 Å². The molecule has 0 aromatic heterocycles. The summed E-state index contributed by atoms with van der Waals surface area (Å²) < 4.78 is 5.48. The van der Waals surface area contributed by atoms with Gasteiger partial charge < -0.3 is 4.74 Å². The zero-order valence-corrected chi connectivity index (χ0v) is 9.96. The number of esters is 1. The summed E-state index contributed by atoms with van der Waals surface area (Å²) in [7, 11) is 0. The molecule has 0 aromatic carbocycles. The molecule has 0 aliphatic heterocycles. The topological polar surface area (TPSA) is 26.3 Å². The minimum Gasteiger partial charge on any atom is -0.462 e. The molecule has 0 N–H and O–H groups in total. The molecule has 2 heteroatoms. The third kappa shape index (κ3) is 5.81. The fourth-order valence-electron chi connectivity index (χ4n) is 2.12. The molecule has 1 aliphatic rings. The fraction of sp³-hybridized carbons (Fsp3) is 0.923. The van der Waals surface area contributed by atoms with Gasteiger partial charge in [-0.05, 0) is 32.1 Å². The molecule has 0 bridgehead atoms. The molecule has 15 heavy (non-hydrogen) atoms. The lowest BCUT2D eigenvalue weighted by Crippen LogP contribution is -2.17. The summed E-state index contributed by atoms with van der Waals surface area (Å²) in [5, 5.41) is 0. The maximum absolute atomic E-state index is 11.5. The lowest BCUT2D eigenvalue weighted by molar-refractivity contribution is -0.149. The van der Waals surface area contributed by atoms with Crippen LogP contribution in [0, 0.1) is 0 Å². The van der Waals surface area contributed by atoms with Crippen LogP contribution in [-0.2, 0) is 9.53 Å². The summed E-state index contributed by atoms with van der Waals surface area (Å²) in [6.45, 7) is 2.15. The number of hydrogen-bond acceptors (Lipinski definition) is 2. The van der Waals surface area contributed by atoms with Gasteiger partial charge in [-0.3, -0.25) is 4.79 Å². The zero-order valence-electron chi connectivity index (χ0n) is 9.96. The van der Waals surface area contributed by atoms with E-state index in [0.29, 0.717) is 6.42 Å². The minimum atomic E-state index is 0.0235. The molecule has 0 heterocycles. The molecule has 1 rings (SSSR count). The average Bonchev–Trinajstić information content (AvgIpc) is 2.47. The average molecular weight is 212 g/mol. The van der Waals surface area contributed by atoms with Gasteiger partial charge in [-0.15, -0.1) is 0 Å². The number of hydrogen-bond donors (Lipinski definition) is 0. The Hall–Kier alpha value is -0.530. The standard InChI is InChI=1S/C13H24O2/c1-2-3-6-11-13(14)15-12-9-7-4-5-8-10-12/h12H,2-11H2,1H3. The van der Waals surface area contributed by atoms with E-state index in [9.17, 15) is 4.79 Å². The molecule has 0 saturated heterocycles. The molecule has 0 aromatic rings. The Kier molecular flexibility index (Phi) is 6.45. The van der Waals surface area contributed by atoms with E-state index in [-0.39, 0.29) is 12.1 Å². The Morgan fingerprint density at radius 2 is 1.80 bits per heavy atom.